The second-order valence-electron chi connectivity index (χ2n) is 7.21. The number of nitrogens with zero attached hydrogens (tertiary/aromatic N) is 4. The molecule has 3 aromatic rings. The zero-order chi connectivity index (χ0) is 21.1. The van der Waals surface area contributed by atoms with Crippen molar-refractivity contribution >= 4 is 11.9 Å². The molecule has 0 radical (unpaired) electrons. The van der Waals surface area contributed by atoms with Crippen molar-refractivity contribution in [3.05, 3.63) is 66.4 Å². The van der Waals surface area contributed by atoms with Crippen LogP contribution in [0.15, 0.2) is 55.0 Å². The number of carbonyl (C=O) groups is 2. The van der Waals surface area contributed by atoms with Gasteiger partial charge in [0.25, 0.3) is 5.91 Å². The predicted octanol–water partition coefficient (Wildman–Crippen LogP) is 3.22. The third-order valence-corrected chi connectivity index (χ3v) is 5.20. The molecule has 0 bridgehead atoms. The smallest absolute Gasteiger partial charge is 0.310 e. The molecule has 1 saturated heterocycles. The van der Waals surface area contributed by atoms with Gasteiger partial charge in [0, 0.05) is 25.5 Å². The number of hydrogen-bond acceptors (Lipinski definition) is 4. The van der Waals surface area contributed by atoms with Crippen LogP contribution in [0.1, 0.15) is 30.1 Å². The first-order valence-corrected chi connectivity index (χ1v) is 10.0. The van der Waals surface area contributed by atoms with Crippen LogP contribution in [0.5, 0.6) is 0 Å². The molecule has 1 aliphatic heterocycles. The van der Waals surface area contributed by atoms with E-state index >= 15 is 0 Å². The van der Waals surface area contributed by atoms with Crippen LogP contribution in [-0.4, -0.2) is 50.8 Å². The molecule has 0 unspecified atom stereocenters. The van der Waals surface area contributed by atoms with Crippen molar-refractivity contribution in [2.45, 2.75) is 19.8 Å². The molecule has 1 amide bonds. The quantitative estimate of drug-likeness (QED) is 0.606. The topological polar surface area (TPSA) is 69.4 Å². The average molecular weight is 410 g/mol. The second-order valence-corrected chi connectivity index (χ2v) is 7.21. The van der Waals surface area contributed by atoms with Gasteiger partial charge < -0.3 is 14.2 Å². The van der Waals surface area contributed by atoms with Gasteiger partial charge in [0.05, 0.1) is 24.4 Å². The van der Waals surface area contributed by atoms with Crippen molar-refractivity contribution in [1.29, 1.82) is 0 Å². The van der Waals surface area contributed by atoms with Crippen molar-refractivity contribution in [2.75, 3.05) is 19.7 Å². The van der Waals surface area contributed by atoms with Crippen molar-refractivity contribution in [1.82, 2.24) is 19.2 Å². The first kappa shape index (κ1) is 19.9. The summed E-state index contributed by atoms with van der Waals surface area (Å²) < 4.78 is 22.3. The molecular formula is C22H23FN4O3. The van der Waals surface area contributed by atoms with Gasteiger partial charge in [-0.05, 0) is 50.1 Å². The number of hydrogen-bond donors (Lipinski definition) is 0. The Labute approximate surface area is 173 Å². The average Bonchev–Trinajstić information content (AvgIpc) is 3.43. The van der Waals surface area contributed by atoms with Gasteiger partial charge in [-0.2, -0.15) is 5.10 Å². The van der Waals surface area contributed by atoms with Crippen LogP contribution in [0.25, 0.3) is 11.5 Å². The Kier molecular flexibility index (Phi) is 5.65. The van der Waals surface area contributed by atoms with E-state index in [0.717, 1.165) is 6.42 Å². The summed E-state index contributed by atoms with van der Waals surface area (Å²) in [6.07, 6.45) is 6.54. The van der Waals surface area contributed by atoms with Crippen molar-refractivity contribution in [3.63, 3.8) is 0 Å². The molecule has 4 rings (SSSR count). The van der Waals surface area contributed by atoms with Crippen LogP contribution < -0.4 is 0 Å². The van der Waals surface area contributed by atoms with Gasteiger partial charge in [-0.15, -0.1) is 0 Å². The zero-order valence-electron chi connectivity index (χ0n) is 16.7. The first-order chi connectivity index (χ1) is 14.6. The predicted molar refractivity (Wildman–Crippen MR) is 108 cm³/mol. The Hall–Kier alpha value is -3.42. The lowest BCUT2D eigenvalue weighted by atomic mass is 9.97. The molecule has 0 saturated carbocycles. The summed E-state index contributed by atoms with van der Waals surface area (Å²) in [5.74, 6) is -0.668. The first-order valence-electron chi connectivity index (χ1n) is 10.0. The highest BCUT2D eigenvalue weighted by molar-refractivity contribution is 5.97. The van der Waals surface area contributed by atoms with Crippen molar-refractivity contribution in [3.8, 4) is 11.5 Å². The van der Waals surface area contributed by atoms with E-state index in [9.17, 15) is 14.0 Å². The van der Waals surface area contributed by atoms with Crippen LogP contribution >= 0.6 is 0 Å². The highest BCUT2D eigenvalue weighted by Crippen LogP contribution is 2.25. The number of ether oxygens (including phenoxy) is 1. The summed E-state index contributed by atoms with van der Waals surface area (Å²) in [7, 11) is 0. The van der Waals surface area contributed by atoms with E-state index in [1.165, 1.54) is 18.3 Å². The van der Waals surface area contributed by atoms with E-state index < -0.39 is 0 Å². The number of esters is 1. The molecule has 3 heterocycles. The Balaban J connectivity index is 1.69. The number of rotatable bonds is 5. The Morgan fingerprint density at radius 2 is 2.03 bits per heavy atom. The highest BCUT2D eigenvalue weighted by atomic mass is 19.1. The number of likely N-dealkylation sites (tertiary alicyclic amines) is 1. The van der Waals surface area contributed by atoms with E-state index in [1.807, 2.05) is 12.1 Å². The van der Waals surface area contributed by atoms with E-state index in [2.05, 4.69) is 5.10 Å². The third-order valence-electron chi connectivity index (χ3n) is 5.20. The van der Waals surface area contributed by atoms with E-state index in [-0.39, 0.29) is 23.6 Å². The number of amides is 1. The normalized spacial score (nSPS) is 16.5. The monoisotopic (exact) mass is 410 g/mol. The van der Waals surface area contributed by atoms with Gasteiger partial charge >= 0.3 is 5.97 Å². The van der Waals surface area contributed by atoms with Crippen LogP contribution in [-0.2, 0) is 9.53 Å². The minimum atomic E-state index is -0.386. The van der Waals surface area contributed by atoms with E-state index in [0.29, 0.717) is 43.2 Å². The van der Waals surface area contributed by atoms with Crippen LogP contribution in [0, 0.1) is 11.7 Å². The Morgan fingerprint density at radius 3 is 2.77 bits per heavy atom. The largest absolute Gasteiger partial charge is 0.466 e. The third kappa shape index (κ3) is 3.85. The molecule has 156 valence electrons. The van der Waals surface area contributed by atoms with E-state index in [1.54, 1.807) is 45.6 Å². The van der Waals surface area contributed by atoms with Crippen LogP contribution in [0.4, 0.5) is 4.39 Å². The molecule has 1 fully saturated rings. The molecule has 0 spiro atoms. The van der Waals surface area contributed by atoms with Gasteiger partial charge in [0.1, 0.15) is 11.4 Å². The van der Waals surface area contributed by atoms with Gasteiger partial charge in [0.15, 0.2) is 5.82 Å². The minimum Gasteiger partial charge on any atom is -0.466 e. The molecule has 30 heavy (non-hydrogen) atoms. The minimum absolute atomic E-state index is 0.213. The molecule has 1 atom stereocenters. The number of aromatic nitrogens is 3. The van der Waals surface area contributed by atoms with Gasteiger partial charge in [-0.25, -0.2) is 9.07 Å². The molecule has 0 aliphatic carbocycles. The van der Waals surface area contributed by atoms with Gasteiger partial charge in [-0.1, -0.05) is 6.07 Å². The van der Waals surface area contributed by atoms with E-state index in [4.69, 9.17) is 4.74 Å². The lowest BCUT2D eigenvalue weighted by Crippen LogP contribution is -2.43. The SMILES string of the molecule is CCOC(=O)[C@@H]1CCCN(C(=O)c2cnn(-c3cccc(F)c3)c2-n2cccc2)C1. The maximum Gasteiger partial charge on any atom is 0.310 e. The number of carbonyl (C=O) groups excluding carboxylic acids is 2. The molecule has 7 nitrogen and oxygen atoms in total. The lowest BCUT2D eigenvalue weighted by molar-refractivity contribution is -0.149. The summed E-state index contributed by atoms with van der Waals surface area (Å²) in [5.41, 5.74) is 0.903. The standard InChI is InChI=1S/C22H23FN4O3/c1-2-30-22(29)16-7-6-12-26(15-16)21(28)19-14-24-27(18-9-5-8-17(23)13-18)20(19)25-10-3-4-11-25/h3-5,8-11,13-14,16H,2,6-7,12,15H2,1H3/t16-/m1/s1. The summed E-state index contributed by atoms with van der Waals surface area (Å²) in [4.78, 5) is 27.2. The molecule has 8 heteroatoms. The molecule has 0 N–H and O–H groups in total. The maximum atomic E-state index is 13.8. The fraction of sp³-hybridized carbons (Fsp3) is 0.318. The summed E-state index contributed by atoms with van der Waals surface area (Å²) in [6, 6.07) is 9.74. The molecule has 1 aromatic carbocycles. The molecule has 2 aromatic heterocycles. The Bertz CT molecular complexity index is 1040. The maximum absolute atomic E-state index is 13.8. The van der Waals surface area contributed by atoms with Crippen LogP contribution in [0.2, 0.25) is 0 Å². The highest BCUT2D eigenvalue weighted by Gasteiger charge is 2.32. The van der Waals surface area contributed by atoms with Gasteiger partial charge in [-0.3, -0.25) is 9.59 Å². The summed E-state index contributed by atoms with van der Waals surface area (Å²) in [6.45, 7) is 2.97. The second kappa shape index (κ2) is 8.52. The zero-order valence-corrected chi connectivity index (χ0v) is 16.7. The van der Waals surface area contributed by atoms with Gasteiger partial charge in [0.2, 0.25) is 0 Å². The fourth-order valence-electron chi connectivity index (χ4n) is 3.80. The Morgan fingerprint density at radius 1 is 1.23 bits per heavy atom. The lowest BCUT2D eigenvalue weighted by Gasteiger charge is -2.31. The van der Waals surface area contributed by atoms with Crippen molar-refractivity contribution < 1.29 is 18.7 Å². The molecular weight excluding hydrogens is 387 g/mol. The van der Waals surface area contributed by atoms with Crippen molar-refractivity contribution in [2.24, 2.45) is 5.92 Å². The number of halogens is 1. The summed E-state index contributed by atoms with van der Waals surface area (Å²) >= 11 is 0. The number of benzene rings is 1. The van der Waals surface area contributed by atoms with Crippen LogP contribution in [0.3, 0.4) is 0 Å². The fourth-order valence-corrected chi connectivity index (χ4v) is 3.80. The number of piperidine rings is 1. The summed E-state index contributed by atoms with van der Waals surface area (Å²) in [5, 5.41) is 4.37. The molecule has 1 aliphatic rings.